The van der Waals surface area contributed by atoms with Crippen LogP contribution in [-0.4, -0.2) is 62.8 Å². The Morgan fingerprint density at radius 1 is 1.16 bits per heavy atom. The summed E-state index contributed by atoms with van der Waals surface area (Å²) < 4.78 is 40.3. The van der Waals surface area contributed by atoms with E-state index in [0.717, 1.165) is 36.7 Å². The van der Waals surface area contributed by atoms with Crippen LogP contribution in [0.3, 0.4) is 0 Å². The Morgan fingerprint density at radius 2 is 1.78 bits per heavy atom. The number of amides is 2. The van der Waals surface area contributed by atoms with Gasteiger partial charge in [0.1, 0.15) is 5.69 Å². The number of halogens is 5. The number of nitrogens with zero attached hydrogens (tertiary/aromatic N) is 2. The van der Waals surface area contributed by atoms with E-state index in [1.807, 2.05) is 6.92 Å². The molecular formula is C24H28Cl2F3N3O4S. The maximum Gasteiger partial charge on any atom is 0.421 e. The molecule has 0 saturated heterocycles. The van der Waals surface area contributed by atoms with Crippen molar-refractivity contribution in [2.24, 2.45) is 0 Å². The zero-order chi connectivity index (χ0) is 27.9. The molecule has 1 aliphatic rings. The molecule has 0 radical (unpaired) electrons. The molecule has 2 aromatic rings. The number of benzene rings is 1. The normalized spacial score (nSPS) is 16.2. The van der Waals surface area contributed by atoms with Gasteiger partial charge in [0, 0.05) is 30.3 Å². The first kappa shape index (κ1) is 29.6. The van der Waals surface area contributed by atoms with Gasteiger partial charge < -0.3 is 20.4 Å². The van der Waals surface area contributed by atoms with Crippen LogP contribution in [-0.2, 0) is 5.60 Å². The van der Waals surface area contributed by atoms with Gasteiger partial charge in [-0.15, -0.1) is 11.3 Å². The van der Waals surface area contributed by atoms with Crippen LogP contribution in [0.4, 0.5) is 13.2 Å². The van der Waals surface area contributed by atoms with Crippen LogP contribution in [0.5, 0.6) is 0 Å². The number of thiazole rings is 1. The highest BCUT2D eigenvalue weighted by molar-refractivity contribution is 7.17. The summed E-state index contributed by atoms with van der Waals surface area (Å²) in [5, 5.41) is 21.6. The fraction of sp³-hybridized carbons (Fsp3) is 0.542. The van der Waals surface area contributed by atoms with Crippen molar-refractivity contribution in [3.05, 3.63) is 38.4 Å². The van der Waals surface area contributed by atoms with Crippen molar-refractivity contribution in [1.29, 1.82) is 0 Å². The first-order chi connectivity index (χ1) is 17.0. The Bertz CT molecular complexity index is 1190. The van der Waals surface area contributed by atoms with Crippen molar-refractivity contribution in [2.75, 3.05) is 13.1 Å². The van der Waals surface area contributed by atoms with Gasteiger partial charge in [0.2, 0.25) is 0 Å². The molecule has 1 atom stereocenters. The second-order valence-corrected chi connectivity index (χ2v) is 11.5. The minimum Gasteiger partial charge on any atom is -0.389 e. The van der Waals surface area contributed by atoms with Gasteiger partial charge in [-0.25, -0.2) is 4.98 Å². The van der Waals surface area contributed by atoms with E-state index in [2.05, 4.69) is 10.3 Å². The predicted molar refractivity (Wildman–Crippen MR) is 136 cm³/mol. The number of hydrogen-bond acceptors (Lipinski definition) is 6. The number of carbonyl (C=O) groups excluding carboxylic acids is 2. The number of alkyl halides is 3. The van der Waals surface area contributed by atoms with Gasteiger partial charge in [-0.3, -0.25) is 9.59 Å². The number of aliphatic hydroxyl groups is 2. The lowest BCUT2D eigenvalue weighted by atomic mass is 9.91. The van der Waals surface area contributed by atoms with E-state index < -0.39 is 39.8 Å². The summed E-state index contributed by atoms with van der Waals surface area (Å²) in [6, 6.07) is 2.22. The molecule has 2 amide bonds. The lowest BCUT2D eigenvalue weighted by molar-refractivity contribution is -0.258. The fourth-order valence-corrected chi connectivity index (χ4v) is 5.44. The van der Waals surface area contributed by atoms with E-state index in [-0.39, 0.29) is 38.8 Å². The second kappa shape index (κ2) is 10.7. The Labute approximate surface area is 226 Å². The van der Waals surface area contributed by atoms with E-state index in [4.69, 9.17) is 23.2 Å². The third kappa shape index (κ3) is 6.06. The maximum atomic E-state index is 13.5. The monoisotopic (exact) mass is 581 g/mol. The minimum absolute atomic E-state index is 0.0165. The summed E-state index contributed by atoms with van der Waals surface area (Å²) >= 11 is 13.4. The van der Waals surface area contributed by atoms with Crippen LogP contribution in [0.15, 0.2) is 12.1 Å². The average molecular weight is 582 g/mol. The zero-order valence-electron chi connectivity index (χ0n) is 20.7. The molecule has 1 saturated carbocycles. The summed E-state index contributed by atoms with van der Waals surface area (Å²) in [5.74, 6) is -1.09. The molecule has 1 heterocycles. The van der Waals surface area contributed by atoms with Crippen molar-refractivity contribution < 1.29 is 33.0 Å². The molecule has 1 fully saturated rings. The van der Waals surface area contributed by atoms with E-state index in [0.29, 0.717) is 13.5 Å². The van der Waals surface area contributed by atoms with E-state index in [1.165, 1.54) is 19.9 Å². The molecule has 3 N–H and O–H groups in total. The van der Waals surface area contributed by atoms with Crippen LogP contribution >= 0.6 is 34.5 Å². The van der Waals surface area contributed by atoms with Gasteiger partial charge in [0.15, 0.2) is 10.6 Å². The lowest BCUT2D eigenvalue weighted by Crippen LogP contribution is -2.44. The maximum absolute atomic E-state index is 13.5. The molecule has 1 aliphatic carbocycles. The number of aromatic nitrogens is 1. The number of carbonyl (C=O) groups is 2. The Morgan fingerprint density at radius 3 is 2.27 bits per heavy atom. The number of rotatable bonds is 8. The lowest BCUT2D eigenvalue weighted by Gasteiger charge is -2.36. The Hall–Kier alpha value is -1.92. The third-order valence-electron chi connectivity index (χ3n) is 6.23. The average Bonchev–Trinajstić information content (AvgIpc) is 3.19. The van der Waals surface area contributed by atoms with Crippen LogP contribution < -0.4 is 5.32 Å². The van der Waals surface area contributed by atoms with Gasteiger partial charge in [-0.1, -0.05) is 35.3 Å². The summed E-state index contributed by atoms with van der Waals surface area (Å²) in [6.45, 7) is 5.70. The summed E-state index contributed by atoms with van der Waals surface area (Å²) in [6.07, 6.45) is -2.40. The first-order valence-electron chi connectivity index (χ1n) is 11.6. The molecule has 1 aromatic heterocycles. The topological polar surface area (TPSA) is 103 Å². The first-order valence-corrected chi connectivity index (χ1v) is 13.2. The van der Waals surface area contributed by atoms with Gasteiger partial charge in [-0.2, -0.15) is 13.2 Å². The third-order valence-corrected chi connectivity index (χ3v) is 8.20. The zero-order valence-corrected chi connectivity index (χ0v) is 23.0. The van der Waals surface area contributed by atoms with Crippen LogP contribution in [0.2, 0.25) is 10.0 Å². The molecule has 0 bridgehead atoms. The molecule has 13 heteroatoms. The van der Waals surface area contributed by atoms with Gasteiger partial charge >= 0.3 is 6.18 Å². The number of nitrogens with one attached hydrogen (secondary N) is 1. The van der Waals surface area contributed by atoms with Crippen molar-refractivity contribution in [2.45, 2.75) is 70.4 Å². The second-order valence-electron chi connectivity index (χ2n) is 9.73. The molecule has 37 heavy (non-hydrogen) atoms. The van der Waals surface area contributed by atoms with Crippen molar-refractivity contribution in [3.63, 3.8) is 0 Å². The molecule has 1 unspecified atom stereocenters. The minimum atomic E-state index is -5.02. The number of hydrogen-bond donors (Lipinski definition) is 3. The highest BCUT2D eigenvalue weighted by Crippen LogP contribution is 2.47. The molecule has 0 spiro atoms. The van der Waals surface area contributed by atoms with Gasteiger partial charge in [-0.05, 0) is 47.0 Å². The van der Waals surface area contributed by atoms with E-state index in [9.17, 15) is 33.0 Å². The van der Waals surface area contributed by atoms with Gasteiger partial charge in [0.05, 0.1) is 20.5 Å². The predicted octanol–water partition coefficient (Wildman–Crippen LogP) is 5.40. The van der Waals surface area contributed by atoms with Gasteiger partial charge in [0.25, 0.3) is 11.8 Å². The van der Waals surface area contributed by atoms with Crippen LogP contribution in [0.1, 0.15) is 72.8 Å². The van der Waals surface area contributed by atoms with Crippen molar-refractivity contribution >= 4 is 46.4 Å². The molecule has 7 nitrogen and oxygen atoms in total. The van der Waals surface area contributed by atoms with Crippen molar-refractivity contribution in [3.8, 4) is 10.4 Å². The summed E-state index contributed by atoms with van der Waals surface area (Å²) in [4.78, 5) is 32.4. The summed E-state index contributed by atoms with van der Waals surface area (Å²) in [5.41, 5.74) is -5.11. The molecule has 1 aromatic carbocycles. The Balaban J connectivity index is 2.12. The highest BCUT2D eigenvalue weighted by Gasteiger charge is 2.52. The van der Waals surface area contributed by atoms with E-state index >= 15 is 0 Å². The summed E-state index contributed by atoms with van der Waals surface area (Å²) in [7, 11) is 0. The fourth-order valence-electron chi connectivity index (χ4n) is 3.77. The smallest absolute Gasteiger partial charge is 0.389 e. The van der Waals surface area contributed by atoms with E-state index in [1.54, 1.807) is 4.90 Å². The molecular weight excluding hydrogens is 554 g/mol. The van der Waals surface area contributed by atoms with Crippen LogP contribution in [0, 0.1) is 0 Å². The molecule has 3 rings (SSSR count). The van der Waals surface area contributed by atoms with Crippen LogP contribution in [0.25, 0.3) is 10.4 Å². The largest absolute Gasteiger partial charge is 0.421 e. The standard InChI is InChI=1S/C24H28Cl2F3N3O4S/c1-5-32(12-7-6-8-12)21(34)17-18(37-20(31-17)19(33)30-11-22(2,3)35)13-9-10-14(16(26)15(13)25)23(4,36)24(27,28)29/h9-10,12,35-36H,5-8,11H2,1-4H3,(H,30,33). The molecule has 204 valence electrons. The highest BCUT2D eigenvalue weighted by atomic mass is 35.5. The quantitative estimate of drug-likeness (QED) is 0.387. The SMILES string of the molecule is CCN(C(=O)c1nc(C(=O)NCC(C)(C)O)sc1-c1ccc(C(C)(O)C(F)(F)F)c(Cl)c1Cl)C1CCC1. The Kier molecular flexibility index (Phi) is 8.56. The molecule has 0 aliphatic heterocycles. The van der Waals surface area contributed by atoms with Crippen molar-refractivity contribution in [1.82, 2.24) is 15.2 Å².